The molecule has 2 aliphatic rings. The van der Waals surface area contributed by atoms with Gasteiger partial charge in [-0.2, -0.15) is 0 Å². The predicted octanol–water partition coefficient (Wildman–Crippen LogP) is 2.75. The second-order valence-corrected chi connectivity index (χ2v) is 7.53. The van der Waals surface area contributed by atoms with Gasteiger partial charge in [0.1, 0.15) is 5.60 Å². The molecule has 1 aliphatic carbocycles. The van der Waals surface area contributed by atoms with Gasteiger partial charge in [-0.25, -0.2) is 0 Å². The van der Waals surface area contributed by atoms with Crippen LogP contribution in [0.1, 0.15) is 53.9 Å². The van der Waals surface area contributed by atoms with E-state index < -0.39 is 11.2 Å². The smallest absolute Gasteiger partial charge is 0.161 e. The zero-order valence-corrected chi connectivity index (χ0v) is 14.1. The average Bonchev–Trinajstić information content (AvgIpc) is 2.93. The Labute approximate surface area is 132 Å². The van der Waals surface area contributed by atoms with E-state index in [1.807, 2.05) is 6.92 Å². The second-order valence-electron chi connectivity index (χ2n) is 7.53. The van der Waals surface area contributed by atoms with Crippen LogP contribution in [0.25, 0.3) is 0 Å². The van der Waals surface area contributed by atoms with E-state index in [4.69, 9.17) is 4.74 Å². The monoisotopic (exact) mass is 306 g/mol. The average molecular weight is 306 g/mol. The van der Waals surface area contributed by atoms with Gasteiger partial charge in [0.15, 0.2) is 11.6 Å². The number of hydrogen-bond donors (Lipinski definition) is 1. The first-order chi connectivity index (χ1) is 10.0. The summed E-state index contributed by atoms with van der Waals surface area (Å²) in [6.45, 7) is 9.33. The molecular weight excluding hydrogens is 280 g/mol. The van der Waals surface area contributed by atoms with Crippen LogP contribution in [0.3, 0.4) is 0 Å². The van der Waals surface area contributed by atoms with Crippen LogP contribution in [0.4, 0.5) is 0 Å². The lowest BCUT2D eigenvalue weighted by molar-refractivity contribution is -0.118. The normalized spacial score (nSPS) is 37.0. The van der Waals surface area contributed by atoms with E-state index >= 15 is 0 Å². The molecule has 1 saturated heterocycles. The van der Waals surface area contributed by atoms with Crippen molar-refractivity contribution in [2.45, 2.75) is 71.2 Å². The van der Waals surface area contributed by atoms with Crippen molar-refractivity contribution in [3.63, 3.8) is 0 Å². The molecule has 1 N–H and O–H groups in total. The van der Waals surface area contributed by atoms with Crippen LogP contribution < -0.4 is 0 Å². The summed E-state index contributed by atoms with van der Waals surface area (Å²) in [5.74, 6) is -0.0167. The first kappa shape index (κ1) is 17.1. The van der Waals surface area contributed by atoms with Crippen LogP contribution in [0.2, 0.25) is 0 Å². The van der Waals surface area contributed by atoms with Crippen molar-refractivity contribution in [1.29, 1.82) is 0 Å². The first-order valence-corrected chi connectivity index (χ1v) is 7.80. The minimum atomic E-state index is -0.490. The number of fused-ring (bicyclic) bond motifs is 1. The van der Waals surface area contributed by atoms with Crippen LogP contribution in [-0.2, 0) is 14.3 Å². The third-order valence-corrected chi connectivity index (χ3v) is 5.20. The summed E-state index contributed by atoms with van der Waals surface area (Å²) in [5.41, 5.74) is -0.536. The van der Waals surface area contributed by atoms with E-state index in [0.717, 1.165) is 0 Å². The summed E-state index contributed by atoms with van der Waals surface area (Å²) in [6, 6.07) is 0. The van der Waals surface area contributed by atoms with Crippen LogP contribution in [-0.4, -0.2) is 34.0 Å². The molecule has 0 spiro atoms. The second kappa shape index (κ2) is 5.43. The van der Waals surface area contributed by atoms with Gasteiger partial charge in [0, 0.05) is 12.8 Å². The van der Waals surface area contributed by atoms with Crippen LogP contribution >= 0.6 is 0 Å². The quantitative estimate of drug-likeness (QED) is 0.482. The summed E-state index contributed by atoms with van der Waals surface area (Å²) in [7, 11) is 0. The van der Waals surface area contributed by atoms with E-state index in [1.54, 1.807) is 19.1 Å². The number of rotatable bonds is 5. The Balaban J connectivity index is 2.13. The van der Waals surface area contributed by atoms with Gasteiger partial charge >= 0.3 is 0 Å². The molecule has 3 unspecified atom stereocenters. The molecule has 1 saturated carbocycles. The zero-order chi connectivity index (χ0) is 16.8. The molecule has 0 aromatic rings. The molecule has 2 rings (SSSR count). The summed E-state index contributed by atoms with van der Waals surface area (Å²) in [6.07, 6.45) is 5.88. The Hall–Kier alpha value is -1.26. The van der Waals surface area contributed by atoms with Crippen molar-refractivity contribution in [1.82, 2.24) is 0 Å². The van der Waals surface area contributed by atoms with Crippen molar-refractivity contribution in [3.8, 4) is 0 Å². The Morgan fingerprint density at radius 1 is 1.23 bits per heavy atom. The van der Waals surface area contributed by atoms with E-state index in [9.17, 15) is 14.7 Å². The lowest BCUT2D eigenvalue weighted by Crippen LogP contribution is -2.48. The minimum absolute atomic E-state index is 0.0291. The van der Waals surface area contributed by atoms with E-state index in [0.29, 0.717) is 24.8 Å². The van der Waals surface area contributed by atoms with Crippen molar-refractivity contribution >= 4 is 11.6 Å². The van der Waals surface area contributed by atoms with Gasteiger partial charge in [-0.15, -0.1) is 0 Å². The number of hydrogen-bond acceptors (Lipinski definition) is 4. The summed E-state index contributed by atoms with van der Waals surface area (Å²) in [5, 5.41) is 10.0. The van der Waals surface area contributed by atoms with Gasteiger partial charge in [-0.05, 0) is 44.3 Å². The summed E-state index contributed by atoms with van der Waals surface area (Å²) >= 11 is 0. The number of Topliss-reactive ketones (excluding diaryl/α,β-unsaturated/α-hetero) is 1. The van der Waals surface area contributed by atoms with Crippen LogP contribution in [0, 0.1) is 5.41 Å². The van der Waals surface area contributed by atoms with Gasteiger partial charge in [0.2, 0.25) is 0 Å². The summed E-state index contributed by atoms with van der Waals surface area (Å²) < 4.78 is 6.02. The molecule has 4 heteroatoms. The number of carbonyl (C=O) groups excluding carboxylic acids is 2. The third-order valence-electron chi connectivity index (χ3n) is 5.20. The number of ether oxygens (including phenoxy) is 1. The lowest BCUT2D eigenvalue weighted by Gasteiger charge is -2.40. The largest absolute Gasteiger partial charge is 0.393 e. The fraction of sp³-hybridized carbons (Fsp3) is 0.667. The molecule has 0 aromatic heterocycles. The minimum Gasteiger partial charge on any atom is -0.393 e. The molecule has 22 heavy (non-hydrogen) atoms. The molecule has 2 fully saturated rings. The van der Waals surface area contributed by atoms with Gasteiger partial charge in [0.05, 0.1) is 11.7 Å². The maximum atomic E-state index is 12.5. The number of aliphatic hydroxyl groups excluding tert-OH is 1. The van der Waals surface area contributed by atoms with Crippen molar-refractivity contribution in [2.24, 2.45) is 5.41 Å². The Morgan fingerprint density at radius 3 is 2.41 bits per heavy atom. The molecule has 0 amide bonds. The van der Waals surface area contributed by atoms with Crippen molar-refractivity contribution in [3.05, 3.63) is 23.8 Å². The van der Waals surface area contributed by atoms with Gasteiger partial charge in [-0.3, -0.25) is 9.59 Å². The molecule has 1 aliphatic heterocycles. The number of epoxide rings is 1. The number of allylic oxidation sites excluding steroid dienone is 4. The SMILES string of the molecule is CC(=O)/C=C/C=C(\C)C(=O)CC12OC1(C)CC(O)CC2(C)C. The van der Waals surface area contributed by atoms with E-state index in [1.165, 1.54) is 13.0 Å². The van der Waals surface area contributed by atoms with Gasteiger partial charge in [0.25, 0.3) is 0 Å². The predicted molar refractivity (Wildman–Crippen MR) is 84.4 cm³/mol. The van der Waals surface area contributed by atoms with E-state index in [-0.39, 0.29) is 23.1 Å². The topological polar surface area (TPSA) is 66.9 Å². The molecule has 0 aromatic carbocycles. The highest BCUT2D eigenvalue weighted by Crippen LogP contribution is 2.67. The van der Waals surface area contributed by atoms with Crippen molar-refractivity contribution < 1.29 is 19.4 Å². The Kier molecular flexibility index (Phi) is 4.22. The summed E-state index contributed by atoms with van der Waals surface area (Å²) in [4.78, 5) is 23.4. The fourth-order valence-corrected chi connectivity index (χ4v) is 3.94. The zero-order valence-electron chi connectivity index (χ0n) is 14.1. The molecule has 3 atom stereocenters. The number of ketones is 2. The Bertz CT molecular complexity index is 557. The fourth-order valence-electron chi connectivity index (χ4n) is 3.94. The lowest BCUT2D eigenvalue weighted by atomic mass is 9.61. The number of aliphatic hydroxyl groups is 1. The molecule has 0 bridgehead atoms. The maximum Gasteiger partial charge on any atom is 0.161 e. The first-order valence-electron chi connectivity index (χ1n) is 7.80. The standard InChI is InChI=1S/C18H26O4/c1-12(7-6-8-13(2)19)15(21)11-18-16(3,4)9-14(20)10-17(18,5)22-18/h6-8,14,20H,9-11H2,1-5H3/b8-6+,12-7+. The molecule has 0 radical (unpaired) electrons. The van der Waals surface area contributed by atoms with Gasteiger partial charge < -0.3 is 9.84 Å². The van der Waals surface area contributed by atoms with E-state index in [2.05, 4.69) is 13.8 Å². The maximum absolute atomic E-state index is 12.5. The van der Waals surface area contributed by atoms with Crippen LogP contribution in [0.15, 0.2) is 23.8 Å². The third kappa shape index (κ3) is 2.82. The number of carbonyl (C=O) groups is 2. The highest BCUT2D eigenvalue weighted by Gasteiger charge is 2.76. The molecule has 4 nitrogen and oxygen atoms in total. The Morgan fingerprint density at radius 2 is 1.86 bits per heavy atom. The highest BCUT2D eigenvalue weighted by atomic mass is 16.6. The molecule has 1 heterocycles. The molecule has 122 valence electrons. The van der Waals surface area contributed by atoms with Gasteiger partial charge in [-0.1, -0.05) is 26.0 Å². The van der Waals surface area contributed by atoms with Crippen LogP contribution in [0.5, 0.6) is 0 Å². The van der Waals surface area contributed by atoms with Crippen molar-refractivity contribution in [2.75, 3.05) is 0 Å². The highest BCUT2D eigenvalue weighted by molar-refractivity contribution is 5.96. The molecular formula is C18H26O4.